The number of carboxylic acid groups (broad SMARTS) is 1. The molecule has 1 aliphatic carbocycles. The number of alkyl carbamates (subject to hydrolysis) is 1. The summed E-state index contributed by atoms with van der Waals surface area (Å²) in [5.74, 6) is -0.991. The maximum Gasteiger partial charge on any atom is 0.407 e. The van der Waals surface area contributed by atoms with Gasteiger partial charge in [-0.2, -0.15) is 0 Å². The van der Waals surface area contributed by atoms with Crippen molar-refractivity contribution in [3.05, 3.63) is 23.8 Å². The molecule has 0 aromatic carbocycles. The first kappa shape index (κ1) is 17.2. The van der Waals surface area contributed by atoms with Crippen molar-refractivity contribution < 1.29 is 19.4 Å². The number of ether oxygens (including phenoxy) is 1. The number of aliphatic carboxylic acids is 1. The van der Waals surface area contributed by atoms with Crippen LogP contribution in [-0.2, 0) is 9.53 Å². The first-order valence-corrected chi connectivity index (χ1v) is 7.34. The third-order valence-electron chi connectivity index (χ3n) is 3.22. The van der Waals surface area contributed by atoms with E-state index in [0.717, 1.165) is 19.3 Å². The Morgan fingerprint density at radius 3 is 2.86 bits per heavy atom. The van der Waals surface area contributed by atoms with Crippen LogP contribution in [0.25, 0.3) is 0 Å². The van der Waals surface area contributed by atoms with E-state index in [2.05, 4.69) is 23.5 Å². The molecule has 0 radical (unpaired) electrons. The molecule has 0 aliphatic heterocycles. The van der Waals surface area contributed by atoms with E-state index in [1.165, 1.54) is 5.57 Å². The van der Waals surface area contributed by atoms with E-state index in [1.807, 2.05) is 0 Å². The number of hydrogen-bond acceptors (Lipinski definition) is 4. The van der Waals surface area contributed by atoms with E-state index in [4.69, 9.17) is 15.6 Å². The van der Waals surface area contributed by atoms with Gasteiger partial charge < -0.3 is 20.9 Å². The largest absolute Gasteiger partial charge is 0.480 e. The van der Waals surface area contributed by atoms with Crippen LogP contribution in [0.2, 0.25) is 0 Å². The van der Waals surface area contributed by atoms with E-state index < -0.39 is 18.1 Å². The fourth-order valence-electron chi connectivity index (χ4n) is 1.99. The van der Waals surface area contributed by atoms with Gasteiger partial charge in [0, 0.05) is 6.54 Å². The molecule has 1 rings (SSSR count). The van der Waals surface area contributed by atoms with Gasteiger partial charge in [-0.05, 0) is 38.5 Å². The summed E-state index contributed by atoms with van der Waals surface area (Å²) >= 11 is 0. The molecule has 6 nitrogen and oxygen atoms in total. The van der Waals surface area contributed by atoms with Crippen molar-refractivity contribution in [1.82, 2.24) is 5.32 Å². The Hall–Kier alpha value is -1.82. The summed E-state index contributed by atoms with van der Waals surface area (Å²) in [6.07, 6.45) is 10.5. The van der Waals surface area contributed by atoms with E-state index in [-0.39, 0.29) is 0 Å². The third-order valence-corrected chi connectivity index (χ3v) is 3.22. The lowest BCUT2D eigenvalue weighted by atomic mass is 10.1. The zero-order valence-electron chi connectivity index (χ0n) is 12.2. The van der Waals surface area contributed by atoms with E-state index in [0.29, 0.717) is 32.4 Å². The monoisotopic (exact) mass is 296 g/mol. The molecule has 118 valence electrons. The Kier molecular flexibility index (Phi) is 8.19. The summed E-state index contributed by atoms with van der Waals surface area (Å²) < 4.78 is 5.05. The number of hydrogen-bond donors (Lipinski definition) is 3. The van der Waals surface area contributed by atoms with Gasteiger partial charge >= 0.3 is 12.1 Å². The molecule has 0 aromatic rings. The number of carbonyl (C=O) groups is 2. The van der Waals surface area contributed by atoms with Gasteiger partial charge in [0.1, 0.15) is 6.04 Å². The first-order chi connectivity index (χ1) is 10.1. The lowest BCUT2D eigenvalue weighted by Gasteiger charge is -2.08. The molecule has 1 aliphatic rings. The highest BCUT2D eigenvalue weighted by Crippen LogP contribution is 2.14. The van der Waals surface area contributed by atoms with Crippen molar-refractivity contribution in [3.63, 3.8) is 0 Å². The second kappa shape index (κ2) is 9.99. The van der Waals surface area contributed by atoms with Crippen LogP contribution < -0.4 is 11.1 Å². The average molecular weight is 296 g/mol. The minimum Gasteiger partial charge on any atom is -0.480 e. The molecular formula is C15H24N2O4. The smallest absolute Gasteiger partial charge is 0.407 e. The summed E-state index contributed by atoms with van der Waals surface area (Å²) in [6.45, 7) is 0.875. The highest BCUT2D eigenvalue weighted by atomic mass is 16.5. The van der Waals surface area contributed by atoms with Crippen LogP contribution >= 0.6 is 0 Å². The highest BCUT2D eigenvalue weighted by molar-refractivity contribution is 5.72. The van der Waals surface area contributed by atoms with Crippen LogP contribution in [0.15, 0.2) is 23.8 Å². The molecule has 1 amide bonds. The Labute approximate surface area is 125 Å². The number of carboxylic acids is 1. The van der Waals surface area contributed by atoms with Crippen LogP contribution in [0.5, 0.6) is 0 Å². The molecule has 0 unspecified atom stereocenters. The molecule has 4 N–H and O–H groups in total. The zero-order chi connectivity index (χ0) is 15.5. The van der Waals surface area contributed by atoms with Crippen LogP contribution in [0.3, 0.4) is 0 Å². The fourth-order valence-corrected chi connectivity index (χ4v) is 1.99. The molecule has 0 saturated heterocycles. The van der Waals surface area contributed by atoms with Gasteiger partial charge in [0.05, 0.1) is 6.61 Å². The molecule has 0 heterocycles. The molecule has 0 spiro atoms. The number of nitrogens with one attached hydrogen (secondary N) is 1. The number of allylic oxidation sites excluding steroid dienone is 4. The summed E-state index contributed by atoms with van der Waals surface area (Å²) in [7, 11) is 0. The van der Waals surface area contributed by atoms with Crippen molar-refractivity contribution in [2.45, 2.75) is 44.6 Å². The normalized spacial score (nSPS) is 14.6. The second-order valence-corrected chi connectivity index (χ2v) is 5.02. The number of rotatable bonds is 10. The minimum absolute atomic E-state index is 0.404. The lowest BCUT2D eigenvalue weighted by molar-refractivity contribution is -0.138. The Bertz CT molecular complexity index is 404. The number of nitrogens with two attached hydrogens (primary N) is 1. The molecule has 0 fully saturated rings. The van der Waals surface area contributed by atoms with Crippen molar-refractivity contribution in [2.24, 2.45) is 5.73 Å². The van der Waals surface area contributed by atoms with Crippen molar-refractivity contribution in [1.29, 1.82) is 0 Å². The van der Waals surface area contributed by atoms with Gasteiger partial charge in [0.2, 0.25) is 0 Å². The third kappa shape index (κ3) is 8.14. The van der Waals surface area contributed by atoms with Gasteiger partial charge in [0.25, 0.3) is 0 Å². The Morgan fingerprint density at radius 1 is 1.38 bits per heavy atom. The van der Waals surface area contributed by atoms with E-state index in [1.54, 1.807) is 0 Å². The Morgan fingerprint density at radius 2 is 2.19 bits per heavy atom. The van der Waals surface area contributed by atoms with Crippen molar-refractivity contribution in [3.8, 4) is 0 Å². The lowest BCUT2D eigenvalue weighted by Crippen LogP contribution is -2.30. The number of carbonyl (C=O) groups excluding carboxylic acids is 1. The van der Waals surface area contributed by atoms with Crippen LogP contribution in [0, 0.1) is 0 Å². The molecule has 0 aromatic heterocycles. The standard InChI is InChI=1S/C15H24N2O4/c16-13(14(18)19)9-3-4-10-17-15(20)21-11-5-8-12-6-1-2-7-12/h1,6-7,13H,2-5,8-11,16H2,(H,17,20)(H,18,19)/t13-/m0/s1. The zero-order valence-corrected chi connectivity index (χ0v) is 12.2. The molecule has 6 heteroatoms. The number of amides is 1. The summed E-state index contributed by atoms with van der Waals surface area (Å²) in [5.41, 5.74) is 6.67. The van der Waals surface area contributed by atoms with E-state index >= 15 is 0 Å². The van der Waals surface area contributed by atoms with Gasteiger partial charge in [0.15, 0.2) is 0 Å². The maximum atomic E-state index is 11.4. The van der Waals surface area contributed by atoms with Crippen molar-refractivity contribution in [2.75, 3.05) is 13.2 Å². The Balaban J connectivity index is 1.91. The average Bonchev–Trinajstić information content (AvgIpc) is 2.96. The van der Waals surface area contributed by atoms with Gasteiger partial charge in [-0.3, -0.25) is 4.79 Å². The molecule has 0 saturated carbocycles. The predicted octanol–water partition coefficient (Wildman–Crippen LogP) is 1.96. The van der Waals surface area contributed by atoms with Crippen LogP contribution in [0.1, 0.15) is 38.5 Å². The van der Waals surface area contributed by atoms with Crippen LogP contribution in [-0.4, -0.2) is 36.4 Å². The van der Waals surface area contributed by atoms with E-state index in [9.17, 15) is 9.59 Å². The highest BCUT2D eigenvalue weighted by Gasteiger charge is 2.10. The maximum absolute atomic E-state index is 11.4. The van der Waals surface area contributed by atoms with Crippen LogP contribution in [0.4, 0.5) is 4.79 Å². The topological polar surface area (TPSA) is 102 Å². The summed E-state index contributed by atoms with van der Waals surface area (Å²) in [5, 5.41) is 11.2. The molecule has 21 heavy (non-hydrogen) atoms. The summed E-state index contributed by atoms with van der Waals surface area (Å²) in [4.78, 5) is 21.9. The van der Waals surface area contributed by atoms with Gasteiger partial charge in [-0.1, -0.05) is 23.8 Å². The molecular weight excluding hydrogens is 272 g/mol. The summed E-state index contributed by atoms with van der Waals surface area (Å²) in [6, 6.07) is -0.823. The van der Waals surface area contributed by atoms with Gasteiger partial charge in [-0.25, -0.2) is 4.79 Å². The second-order valence-electron chi connectivity index (χ2n) is 5.02. The SMILES string of the molecule is N[C@@H](CCCCNC(=O)OCCCC1=CCC=C1)C(=O)O. The van der Waals surface area contributed by atoms with Crippen molar-refractivity contribution >= 4 is 12.1 Å². The number of unbranched alkanes of at least 4 members (excludes halogenated alkanes) is 1. The molecule has 1 atom stereocenters. The first-order valence-electron chi connectivity index (χ1n) is 7.34. The van der Waals surface area contributed by atoms with Gasteiger partial charge in [-0.15, -0.1) is 0 Å². The fraction of sp³-hybridized carbons (Fsp3) is 0.600. The minimum atomic E-state index is -0.991. The quantitative estimate of drug-likeness (QED) is 0.535. The molecule has 0 bridgehead atoms. The predicted molar refractivity (Wildman–Crippen MR) is 79.9 cm³/mol.